The first-order chi connectivity index (χ1) is 6.85. The van der Waals surface area contributed by atoms with Crippen LogP contribution in [0, 0.1) is 5.92 Å². The fourth-order valence-electron chi connectivity index (χ4n) is 1.00. The summed E-state index contributed by atoms with van der Waals surface area (Å²) in [6.07, 6.45) is 2.32. The topological polar surface area (TPSA) is 89.3 Å². The predicted octanol–water partition coefficient (Wildman–Crippen LogP) is 0.217. The number of hydrogen-bond donors (Lipinski definition) is 2. The molecular weight excluding hydrogens is 216 g/mol. The number of nitrogens with one attached hydrogen (secondary N) is 1. The number of nitrogens with two attached hydrogens (primary N) is 1. The summed E-state index contributed by atoms with van der Waals surface area (Å²) in [6, 6.07) is 0. The van der Waals surface area contributed by atoms with Crippen LogP contribution in [0.2, 0.25) is 0 Å². The molecule has 6 heteroatoms. The minimum atomic E-state index is -3.47. The maximum atomic E-state index is 11.2. The van der Waals surface area contributed by atoms with Gasteiger partial charge in [0, 0.05) is 13.0 Å². The average Bonchev–Trinajstić information content (AvgIpc) is 2.12. The molecule has 0 aliphatic heterocycles. The lowest BCUT2D eigenvalue weighted by molar-refractivity contribution is -0.121. The Morgan fingerprint density at radius 2 is 2.07 bits per heavy atom. The minimum absolute atomic E-state index is 0.0954. The van der Waals surface area contributed by atoms with E-state index in [1.165, 1.54) is 0 Å². The standard InChI is InChI=1S/C9H20N2O3S/c1-3-8(2)4-5-9(12)11-6-7-15(10,13)14/h8H,3-7H2,1-2H3,(H,11,12)(H2,10,13,14). The van der Waals surface area contributed by atoms with Crippen LogP contribution in [-0.2, 0) is 14.8 Å². The van der Waals surface area contributed by atoms with E-state index in [9.17, 15) is 13.2 Å². The predicted molar refractivity (Wildman–Crippen MR) is 59.7 cm³/mol. The van der Waals surface area contributed by atoms with Crippen LogP contribution in [0.1, 0.15) is 33.1 Å². The van der Waals surface area contributed by atoms with Crippen LogP contribution >= 0.6 is 0 Å². The largest absolute Gasteiger partial charge is 0.355 e. The van der Waals surface area contributed by atoms with Crippen LogP contribution < -0.4 is 10.5 Å². The molecule has 0 radical (unpaired) electrons. The Labute approximate surface area is 91.5 Å². The molecule has 1 atom stereocenters. The molecule has 0 aromatic rings. The van der Waals surface area contributed by atoms with E-state index in [0.717, 1.165) is 12.8 Å². The Morgan fingerprint density at radius 1 is 1.47 bits per heavy atom. The Balaban J connectivity index is 3.59. The first-order valence-electron chi connectivity index (χ1n) is 5.12. The fourth-order valence-corrected chi connectivity index (χ4v) is 1.39. The molecule has 0 aromatic carbocycles. The lowest BCUT2D eigenvalue weighted by Gasteiger charge is -2.08. The lowest BCUT2D eigenvalue weighted by atomic mass is 10.0. The number of rotatable bonds is 7. The van der Waals surface area contributed by atoms with E-state index < -0.39 is 10.0 Å². The van der Waals surface area contributed by atoms with Crippen LogP contribution in [0.15, 0.2) is 0 Å². The van der Waals surface area contributed by atoms with E-state index in [4.69, 9.17) is 5.14 Å². The van der Waals surface area contributed by atoms with Crippen LogP contribution in [-0.4, -0.2) is 26.6 Å². The van der Waals surface area contributed by atoms with Crippen molar-refractivity contribution in [3.63, 3.8) is 0 Å². The molecule has 0 saturated carbocycles. The summed E-state index contributed by atoms with van der Waals surface area (Å²) in [4.78, 5) is 11.2. The normalized spacial score (nSPS) is 13.5. The summed E-state index contributed by atoms with van der Waals surface area (Å²) in [5.74, 6) is 0.204. The Morgan fingerprint density at radius 3 is 2.53 bits per heavy atom. The van der Waals surface area contributed by atoms with Crippen LogP contribution in [0.4, 0.5) is 0 Å². The van der Waals surface area contributed by atoms with E-state index in [1.807, 2.05) is 0 Å². The van der Waals surface area contributed by atoms with Gasteiger partial charge in [0.1, 0.15) is 0 Å². The molecule has 0 aliphatic carbocycles. The highest BCUT2D eigenvalue weighted by atomic mass is 32.2. The van der Waals surface area contributed by atoms with Gasteiger partial charge in [-0.25, -0.2) is 13.6 Å². The van der Waals surface area contributed by atoms with Gasteiger partial charge in [-0.1, -0.05) is 20.3 Å². The molecule has 5 nitrogen and oxygen atoms in total. The SMILES string of the molecule is CCC(C)CCC(=O)NCCS(N)(=O)=O. The zero-order valence-corrected chi connectivity index (χ0v) is 10.1. The zero-order valence-electron chi connectivity index (χ0n) is 9.32. The maximum Gasteiger partial charge on any atom is 0.220 e. The monoisotopic (exact) mass is 236 g/mol. The molecule has 0 heterocycles. The molecule has 0 spiro atoms. The molecule has 0 bridgehead atoms. The highest BCUT2D eigenvalue weighted by molar-refractivity contribution is 7.89. The summed E-state index contributed by atoms with van der Waals surface area (Å²) in [6.45, 7) is 4.25. The van der Waals surface area contributed by atoms with Gasteiger partial charge in [0.25, 0.3) is 0 Å². The van der Waals surface area contributed by atoms with Gasteiger partial charge >= 0.3 is 0 Å². The maximum absolute atomic E-state index is 11.2. The summed E-state index contributed by atoms with van der Waals surface area (Å²) in [7, 11) is -3.47. The quantitative estimate of drug-likeness (QED) is 0.662. The fraction of sp³-hybridized carbons (Fsp3) is 0.889. The lowest BCUT2D eigenvalue weighted by Crippen LogP contribution is -2.31. The first-order valence-corrected chi connectivity index (χ1v) is 6.84. The second kappa shape index (κ2) is 6.79. The number of amides is 1. The molecule has 90 valence electrons. The second-order valence-corrected chi connectivity index (χ2v) is 5.50. The zero-order chi connectivity index (χ0) is 11.9. The van der Waals surface area contributed by atoms with Crippen molar-refractivity contribution in [1.29, 1.82) is 0 Å². The van der Waals surface area contributed by atoms with E-state index in [2.05, 4.69) is 19.2 Å². The molecular formula is C9H20N2O3S. The van der Waals surface area contributed by atoms with Gasteiger partial charge in [0.05, 0.1) is 5.75 Å². The highest BCUT2D eigenvalue weighted by Crippen LogP contribution is 2.08. The first kappa shape index (κ1) is 14.4. The van der Waals surface area contributed by atoms with Crippen molar-refractivity contribution in [2.75, 3.05) is 12.3 Å². The van der Waals surface area contributed by atoms with Gasteiger partial charge in [-0.05, 0) is 12.3 Å². The minimum Gasteiger partial charge on any atom is -0.355 e. The van der Waals surface area contributed by atoms with Crippen LogP contribution in [0.5, 0.6) is 0 Å². The van der Waals surface area contributed by atoms with Crippen molar-refractivity contribution in [3.8, 4) is 0 Å². The van der Waals surface area contributed by atoms with E-state index in [-0.39, 0.29) is 18.2 Å². The van der Waals surface area contributed by atoms with Crippen molar-refractivity contribution >= 4 is 15.9 Å². The van der Waals surface area contributed by atoms with Crippen molar-refractivity contribution in [2.45, 2.75) is 33.1 Å². The molecule has 0 aromatic heterocycles. The number of carbonyl (C=O) groups is 1. The second-order valence-electron chi connectivity index (χ2n) is 3.77. The van der Waals surface area contributed by atoms with E-state index in [0.29, 0.717) is 12.3 Å². The van der Waals surface area contributed by atoms with Crippen LogP contribution in [0.3, 0.4) is 0 Å². The number of hydrogen-bond acceptors (Lipinski definition) is 3. The van der Waals surface area contributed by atoms with Crippen molar-refractivity contribution in [3.05, 3.63) is 0 Å². The number of primary sulfonamides is 1. The molecule has 0 aliphatic rings. The Hall–Kier alpha value is -0.620. The number of carbonyl (C=O) groups excluding carboxylic acids is 1. The molecule has 1 unspecified atom stereocenters. The summed E-state index contributed by atoms with van der Waals surface area (Å²) in [5.41, 5.74) is 0. The number of sulfonamides is 1. The van der Waals surface area contributed by atoms with Gasteiger partial charge in [-0.3, -0.25) is 4.79 Å². The van der Waals surface area contributed by atoms with Gasteiger partial charge in [-0.2, -0.15) is 0 Å². The van der Waals surface area contributed by atoms with Gasteiger partial charge in [-0.15, -0.1) is 0 Å². The Bertz CT molecular complexity index is 288. The molecule has 15 heavy (non-hydrogen) atoms. The van der Waals surface area contributed by atoms with Crippen molar-refractivity contribution < 1.29 is 13.2 Å². The molecule has 0 fully saturated rings. The highest BCUT2D eigenvalue weighted by Gasteiger charge is 2.06. The molecule has 0 saturated heterocycles. The smallest absolute Gasteiger partial charge is 0.220 e. The summed E-state index contributed by atoms with van der Waals surface area (Å²) in [5, 5.41) is 7.31. The Kier molecular flexibility index (Phi) is 6.51. The van der Waals surface area contributed by atoms with Crippen molar-refractivity contribution in [1.82, 2.24) is 5.32 Å². The van der Waals surface area contributed by atoms with Crippen molar-refractivity contribution in [2.24, 2.45) is 11.1 Å². The van der Waals surface area contributed by atoms with Crippen LogP contribution in [0.25, 0.3) is 0 Å². The van der Waals surface area contributed by atoms with E-state index >= 15 is 0 Å². The third kappa shape index (κ3) is 9.68. The molecule has 3 N–H and O–H groups in total. The summed E-state index contributed by atoms with van der Waals surface area (Å²) < 4.78 is 21.1. The molecule has 0 rings (SSSR count). The van der Waals surface area contributed by atoms with E-state index in [1.54, 1.807) is 0 Å². The average molecular weight is 236 g/mol. The van der Waals surface area contributed by atoms with Gasteiger partial charge in [0.15, 0.2) is 0 Å². The summed E-state index contributed by atoms with van der Waals surface area (Å²) >= 11 is 0. The third-order valence-electron chi connectivity index (χ3n) is 2.27. The third-order valence-corrected chi connectivity index (χ3v) is 3.04. The van der Waals surface area contributed by atoms with Gasteiger partial charge in [0.2, 0.25) is 15.9 Å². The van der Waals surface area contributed by atoms with Gasteiger partial charge < -0.3 is 5.32 Å². The molecule has 1 amide bonds.